The van der Waals surface area contributed by atoms with Gasteiger partial charge in [0.1, 0.15) is 61.1 Å². The lowest BCUT2D eigenvalue weighted by Crippen LogP contribution is -2.67. The third kappa shape index (κ3) is 5.36. The van der Waals surface area contributed by atoms with Crippen molar-refractivity contribution in [1.82, 2.24) is 5.32 Å². The number of aliphatic hydroxyl groups excluding tert-OH is 7. The maximum absolute atomic E-state index is 11.1. The second-order valence-corrected chi connectivity index (χ2v) is 7.16. The van der Waals surface area contributed by atoms with Crippen LogP contribution in [0.2, 0.25) is 0 Å². The van der Waals surface area contributed by atoms with Crippen LogP contribution in [0.3, 0.4) is 0 Å². The van der Waals surface area contributed by atoms with E-state index in [9.17, 15) is 40.5 Å². The summed E-state index contributed by atoms with van der Waals surface area (Å²) in [4.78, 5) is 11.1. The normalized spacial score (nSPS) is 44.4. The van der Waals surface area contributed by atoms with E-state index < -0.39 is 86.6 Å². The van der Waals surface area contributed by atoms with Crippen molar-refractivity contribution in [2.75, 3.05) is 19.0 Å². The van der Waals surface area contributed by atoms with Crippen LogP contribution in [-0.4, -0.2) is 133 Å². The molecule has 13 nitrogen and oxygen atoms in total. The van der Waals surface area contributed by atoms with Gasteiger partial charge in [0.2, 0.25) is 0 Å². The number of rotatable bonds is 8. The highest BCUT2D eigenvalue weighted by Crippen LogP contribution is 2.28. The van der Waals surface area contributed by atoms with Crippen LogP contribution in [0.1, 0.15) is 0 Å². The molecule has 0 saturated carbocycles. The highest BCUT2D eigenvalue weighted by Gasteiger charge is 2.50. The van der Waals surface area contributed by atoms with E-state index in [1.54, 1.807) is 0 Å². The first kappa shape index (κ1) is 24.6. The number of carbonyl (C=O) groups is 1. The summed E-state index contributed by atoms with van der Waals surface area (Å²) in [5.74, 6) is -1.42. The Hall–Kier alpha value is -0.620. The van der Waals surface area contributed by atoms with Crippen LogP contribution < -0.4 is 5.32 Å². The Kier molecular flexibility index (Phi) is 9.02. The van der Waals surface area contributed by atoms with E-state index in [1.165, 1.54) is 0 Å². The van der Waals surface area contributed by atoms with Crippen molar-refractivity contribution in [3.63, 3.8) is 0 Å². The Labute approximate surface area is 170 Å². The molecule has 2 aliphatic heterocycles. The van der Waals surface area contributed by atoms with Crippen LogP contribution in [0, 0.1) is 0 Å². The molecule has 9 N–H and O–H groups in total. The van der Waals surface area contributed by atoms with Crippen molar-refractivity contribution in [3.05, 3.63) is 0 Å². The monoisotopic (exact) mass is 445 g/mol. The zero-order chi connectivity index (χ0) is 21.9. The Balaban J connectivity index is 2.12. The lowest BCUT2D eigenvalue weighted by atomic mass is 9.96. The Bertz CT molecular complexity index is 539. The van der Waals surface area contributed by atoms with Gasteiger partial charge in [0.05, 0.1) is 13.2 Å². The number of aliphatic carboxylic acids is 1. The minimum absolute atomic E-state index is 0.146. The van der Waals surface area contributed by atoms with E-state index in [1.807, 2.05) is 0 Å². The van der Waals surface area contributed by atoms with E-state index in [4.69, 9.17) is 19.3 Å². The van der Waals surface area contributed by atoms with Gasteiger partial charge in [-0.05, 0) is 0 Å². The van der Waals surface area contributed by atoms with Gasteiger partial charge in [-0.1, -0.05) is 0 Å². The highest BCUT2D eigenvalue weighted by molar-refractivity contribution is 7.80. The van der Waals surface area contributed by atoms with Gasteiger partial charge in [0.15, 0.2) is 6.29 Å². The van der Waals surface area contributed by atoms with Gasteiger partial charge in [-0.2, -0.15) is 12.6 Å². The quantitative estimate of drug-likeness (QED) is 0.158. The lowest BCUT2D eigenvalue weighted by molar-refractivity contribution is -0.343. The van der Waals surface area contributed by atoms with Gasteiger partial charge in [-0.25, -0.2) is 0 Å². The molecule has 0 radical (unpaired) electrons. The fourth-order valence-corrected chi connectivity index (χ4v) is 3.39. The standard InChI is InChI=1S/C15H27NO12S/c17-1-5-7(19)8(20)11(23)15(27-5)28-12-6(2-18)26-13(10(22)9(12)21)16-4(3-29)14(24)25/h4-13,15-23,29H,1-3H2,(H,24,25)/t4-,5+,6+,7-,8-,9+,10+,11+,12+,13?,15-/m0/s1. The summed E-state index contributed by atoms with van der Waals surface area (Å²) in [7, 11) is 0. The number of hydrogen-bond acceptors (Lipinski definition) is 13. The van der Waals surface area contributed by atoms with E-state index in [-0.39, 0.29) is 5.75 Å². The molecule has 0 aromatic rings. The molecule has 29 heavy (non-hydrogen) atoms. The molecule has 14 heteroatoms. The Morgan fingerprint density at radius 1 is 0.931 bits per heavy atom. The van der Waals surface area contributed by atoms with E-state index >= 15 is 0 Å². The molecule has 1 unspecified atom stereocenters. The van der Waals surface area contributed by atoms with Gasteiger partial charge < -0.3 is 55.1 Å². The average molecular weight is 445 g/mol. The molecule has 2 fully saturated rings. The molecule has 170 valence electrons. The number of nitrogens with one attached hydrogen (secondary N) is 1. The summed E-state index contributed by atoms with van der Waals surface area (Å²) in [5.41, 5.74) is 0. The second kappa shape index (κ2) is 10.6. The van der Waals surface area contributed by atoms with Crippen molar-refractivity contribution in [1.29, 1.82) is 0 Å². The molecule has 0 amide bonds. The van der Waals surface area contributed by atoms with Crippen LogP contribution in [0.4, 0.5) is 0 Å². The largest absolute Gasteiger partial charge is 0.480 e. The first-order valence-electron chi connectivity index (χ1n) is 8.84. The number of thiol groups is 1. The van der Waals surface area contributed by atoms with Gasteiger partial charge in [-0.3, -0.25) is 10.1 Å². The number of hydrogen-bond donors (Lipinski definition) is 10. The van der Waals surface area contributed by atoms with Gasteiger partial charge in [0, 0.05) is 5.75 Å². The molecular formula is C15H27NO12S. The van der Waals surface area contributed by atoms with Crippen LogP contribution in [0.5, 0.6) is 0 Å². The number of carboxylic acid groups (broad SMARTS) is 1. The van der Waals surface area contributed by atoms with Crippen molar-refractivity contribution in [2.24, 2.45) is 0 Å². The smallest absolute Gasteiger partial charge is 0.321 e. The minimum Gasteiger partial charge on any atom is -0.480 e. The van der Waals surface area contributed by atoms with Gasteiger partial charge >= 0.3 is 5.97 Å². The van der Waals surface area contributed by atoms with E-state index in [0.717, 1.165) is 0 Å². The van der Waals surface area contributed by atoms with Crippen molar-refractivity contribution < 1.29 is 59.9 Å². The molecule has 0 aromatic carbocycles. The van der Waals surface area contributed by atoms with Crippen molar-refractivity contribution >= 4 is 18.6 Å². The molecule has 11 atom stereocenters. The third-order valence-corrected chi connectivity index (χ3v) is 5.22. The molecule has 0 aliphatic carbocycles. The first-order chi connectivity index (χ1) is 13.7. The molecule has 2 aliphatic rings. The molecule has 2 heterocycles. The Morgan fingerprint density at radius 2 is 1.55 bits per heavy atom. The maximum Gasteiger partial charge on any atom is 0.321 e. The number of ether oxygens (including phenoxy) is 3. The topological polar surface area (TPSA) is 219 Å². The average Bonchev–Trinajstić information content (AvgIpc) is 2.70. The van der Waals surface area contributed by atoms with Gasteiger partial charge in [-0.15, -0.1) is 0 Å². The second-order valence-electron chi connectivity index (χ2n) is 6.80. The number of carboxylic acids is 1. The fourth-order valence-electron chi connectivity index (χ4n) is 3.13. The van der Waals surface area contributed by atoms with E-state index in [2.05, 4.69) is 17.9 Å². The van der Waals surface area contributed by atoms with Crippen LogP contribution in [0.15, 0.2) is 0 Å². The minimum atomic E-state index is -1.77. The third-order valence-electron chi connectivity index (χ3n) is 4.85. The molecule has 0 aromatic heterocycles. The summed E-state index contributed by atoms with van der Waals surface area (Å²) in [6, 6.07) is -1.22. The van der Waals surface area contributed by atoms with E-state index in [0.29, 0.717) is 0 Å². The molecule has 0 spiro atoms. The Morgan fingerprint density at radius 3 is 2.07 bits per heavy atom. The van der Waals surface area contributed by atoms with Crippen molar-refractivity contribution in [3.8, 4) is 0 Å². The zero-order valence-electron chi connectivity index (χ0n) is 15.1. The summed E-state index contributed by atoms with van der Waals surface area (Å²) < 4.78 is 16.0. The zero-order valence-corrected chi connectivity index (χ0v) is 16.0. The molecule has 2 rings (SSSR count). The number of aliphatic hydroxyl groups is 7. The lowest BCUT2D eigenvalue weighted by Gasteiger charge is -2.46. The fraction of sp³-hybridized carbons (Fsp3) is 0.933. The summed E-state index contributed by atoms with van der Waals surface area (Å²) in [6.45, 7) is -1.42. The van der Waals surface area contributed by atoms with Crippen LogP contribution in [-0.2, 0) is 19.0 Å². The highest BCUT2D eigenvalue weighted by atomic mass is 32.1. The van der Waals surface area contributed by atoms with Crippen LogP contribution in [0.25, 0.3) is 0 Å². The maximum atomic E-state index is 11.1. The van der Waals surface area contributed by atoms with Gasteiger partial charge in [0.25, 0.3) is 0 Å². The molecule has 2 saturated heterocycles. The summed E-state index contributed by atoms with van der Waals surface area (Å²) in [5, 5.41) is 80.7. The first-order valence-corrected chi connectivity index (χ1v) is 9.47. The SMILES string of the molecule is O=C(O)[C@H](CS)NC1O[C@H](CO)[C@@H](O[C@@H]2O[C@H](CO)[C@H](O)[C@H](O)[C@H]2O)[C@H](O)[C@H]1O. The summed E-state index contributed by atoms with van der Waals surface area (Å²) >= 11 is 3.87. The molecular weight excluding hydrogens is 418 g/mol. The van der Waals surface area contributed by atoms with Crippen molar-refractivity contribution in [2.45, 2.75) is 67.4 Å². The predicted molar refractivity (Wildman–Crippen MR) is 94.8 cm³/mol. The predicted octanol–water partition coefficient (Wildman–Crippen LogP) is -5.42. The molecule has 0 bridgehead atoms. The van der Waals surface area contributed by atoms with Crippen LogP contribution >= 0.6 is 12.6 Å². The summed E-state index contributed by atoms with van der Waals surface area (Å²) in [6.07, 6.45) is -15.6.